The minimum Gasteiger partial charge on any atom is -0.444 e. The lowest BCUT2D eigenvalue weighted by molar-refractivity contribution is -0.138. The first kappa shape index (κ1) is 36.2. The quantitative estimate of drug-likeness (QED) is 0.305. The van der Waals surface area contributed by atoms with E-state index in [1.165, 1.54) is 23.1 Å². The number of likely N-dealkylation sites (tertiary alicyclic amines) is 1. The van der Waals surface area contributed by atoms with Crippen molar-refractivity contribution in [1.29, 1.82) is 0 Å². The SMILES string of the molecule is CC(C)(C)OC(=O)N1CC[C@@H](CC(=O)NCc2ccc(C(=O)Nc3ccc(Cl)cc3N3CCN(CCC(F)(F)F)CC3)c(F)c2F)C1. The molecule has 2 aliphatic rings. The third kappa shape index (κ3) is 10.4. The average molecular weight is 688 g/mol. The predicted octanol–water partition coefficient (Wildman–Crippen LogP) is 6.21. The summed E-state index contributed by atoms with van der Waals surface area (Å²) >= 11 is 6.19. The molecule has 0 bridgehead atoms. The van der Waals surface area contributed by atoms with E-state index in [1.807, 2.05) is 4.90 Å². The Balaban J connectivity index is 1.32. The zero-order valence-corrected chi connectivity index (χ0v) is 27.2. The van der Waals surface area contributed by atoms with Crippen LogP contribution in [-0.4, -0.2) is 85.3 Å². The molecule has 0 aliphatic carbocycles. The molecule has 258 valence electrons. The number of nitrogens with zero attached hydrogens (tertiary/aromatic N) is 3. The lowest BCUT2D eigenvalue weighted by atomic mass is 10.0. The Morgan fingerprint density at radius 3 is 2.34 bits per heavy atom. The highest BCUT2D eigenvalue weighted by atomic mass is 35.5. The molecule has 15 heteroatoms. The van der Waals surface area contributed by atoms with Gasteiger partial charge in [0.2, 0.25) is 5.91 Å². The van der Waals surface area contributed by atoms with E-state index in [-0.39, 0.29) is 42.6 Å². The molecule has 0 aromatic heterocycles. The number of carbonyl (C=O) groups excluding carboxylic acids is 3. The first-order valence-electron chi connectivity index (χ1n) is 15.4. The number of rotatable bonds is 9. The number of alkyl halides is 3. The molecule has 2 heterocycles. The van der Waals surface area contributed by atoms with Crippen molar-refractivity contribution in [3.8, 4) is 0 Å². The van der Waals surface area contributed by atoms with Crippen LogP contribution in [0, 0.1) is 17.6 Å². The molecule has 0 saturated carbocycles. The van der Waals surface area contributed by atoms with Gasteiger partial charge in [0.15, 0.2) is 11.6 Å². The van der Waals surface area contributed by atoms with Gasteiger partial charge in [-0.3, -0.25) is 14.5 Å². The third-order valence-corrected chi connectivity index (χ3v) is 8.16. The van der Waals surface area contributed by atoms with Crippen LogP contribution in [0.15, 0.2) is 30.3 Å². The second-order valence-electron chi connectivity index (χ2n) is 12.8. The lowest BCUT2D eigenvalue weighted by Crippen LogP contribution is -2.47. The molecule has 2 fully saturated rings. The fourth-order valence-corrected chi connectivity index (χ4v) is 5.65. The molecular formula is C32H39ClF5N5O4. The Kier molecular flexibility index (Phi) is 11.6. The Labute approximate surface area is 275 Å². The average Bonchev–Trinajstić information content (AvgIpc) is 3.45. The van der Waals surface area contributed by atoms with Gasteiger partial charge < -0.3 is 25.2 Å². The van der Waals surface area contributed by atoms with Crippen molar-refractivity contribution in [2.75, 3.05) is 56.0 Å². The Bertz CT molecular complexity index is 1460. The lowest BCUT2D eigenvalue weighted by Gasteiger charge is -2.37. The van der Waals surface area contributed by atoms with Crippen molar-refractivity contribution >= 4 is 40.9 Å². The van der Waals surface area contributed by atoms with E-state index in [2.05, 4.69) is 10.6 Å². The second kappa shape index (κ2) is 15.1. The molecule has 47 heavy (non-hydrogen) atoms. The zero-order chi connectivity index (χ0) is 34.5. The fraction of sp³-hybridized carbons (Fsp3) is 0.531. The van der Waals surface area contributed by atoms with E-state index < -0.39 is 47.4 Å². The maximum absolute atomic E-state index is 15.1. The van der Waals surface area contributed by atoms with Gasteiger partial charge in [0.05, 0.1) is 23.4 Å². The maximum Gasteiger partial charge on any atom is 0.410 e. The van der Waals surface area contributed by atoms with E-state index >= 15 is 8.78 Å². The van der Waals surface area contributed by atoms with Crippen LogP contribution in [0.5, 0.6) is 0 Å². The molecule has 0 radical (unpaired) electrons. The van der Waals surface area contributed by atoms with E-state index in [1.54, 1.807) is 31.7 Å². The van der Waals surface area contributed by atoms with Crippen molar-refractivity contribution in [3.63, 3.8) is 0 Å². The molecular weight excluding hydrogens is 649 g/mol. The molecule has 2 saturated heterocycles. The van der Waals surface area contributed by atoms with Crippen LogP contribution in [0.4, 0.5) is 38.1 Å². The standard InChI is InChI=1S/C32H39ClF5N5O4/c1-31(2,3)47-30(46)43-10-8-20(19-43)16-26(44)39-18-21-4-6-23(28(35)27(21)34)29(45)40-24-7-5-22(33)17-25(24)42-14-12-41(13-15-42)11-9-32(36,37)38/h4-7,17,20H,8-16,18-19H2,1-3H3,(H,39,44)(H,40,45)/t20-/m0/s1. The number of nitrogens with one attached hydrogen (secondary N) is 2. The molecule has 2 aromatic carbocycles. The number of piperazine rings is 1. The van der Waals surface area contributed by atoms with Crippen LogP contribution in [-0.2, 0) is 16.1 Å². The van der Waals surface area contributed by atoms with Crippen LogP contribution >= 0.6 is 11.6 Å². The molecule has 2 aromatic rings. The summed E-state index contributed by atoms with van der Waals surface area (Å²) in [5.41, 5.74) is -0.563. The van der Waals surface area contributed by atoms with E-state index in [0.717, 1.165) is 6.07 Å². The van der Waals surface area contributed by atoms with Gasteiger partial charge in [-0.1, -0.05) is 17.7 Å². The highest BCUT2D eigenvalue weighted by Gasteiger charge is 2.32. The van der Waals surface area contributed by atoms with Gasteiger partial charge in [0.1, 0.15) is 5.60 Å². The molecule has 1 atom stereocenters. The van der Waals surface area contributed by atoms with Gasteiger partial charge in [-0.05, 0) is 57.4 Å². The number of carbonyl (C=O) groups is 3. The highest BCUT2D eigenvalue weighted by Crippen LogP contribution is 2.32. The van der Waals surface area contributed by atoms with Gasteiger partial charge >= 0.3 is 12.3 Å². The summed E-state index contributed by atoms with van der Waals surface area (Å²) in [5, 5.41) is 5.52. The monoisotopic (exact) mass is 687 g/mol. The molecule has 9 nitrogen and oxygen atoms in total. The number of amides is 3. The summed E-state index contributed by atoms with van der Waals surface area (Å²) < 4.78 is 73.4. The largest absolute Gasteiger partial charge is 0.444 e. The van der Waals surface area contributed by atoms with Crippen LogP contribution in [0.25, 0.3) is 0 Å². The summed E-state index contributed by atoms with van der Waals surface area (Å²) in [5.74, 6) is -4.07. The molecule has 2 aliphatic heterocycles. The molecule has 0 spiro atoms. The Morgan fingerprint density at radius 2 is 1.68 bits per heavy atom. The second-order valence-corrected chi connectivity index (χ2v) is 13.2. The van der Waals surface area contributed by atoms with E-state index in [9.17, 15) is 27.6 Å². The minimum atomic E-state index is -4.24. The van der Waals surface area contributed by atoms with Gasteiger partial charge in [-0.25, -0.2) is 13.6 Å². The number of ether oxygens (including phenoxy) is 1. The van der Waals surface area contributed by atoms with Gasteiger partial charge in [-0.2, -0.15) is 13.2 Å². The Morgan fingerprint density at radius 1 is 0.979 bits per heavy atom. The van der Waals surface area contributed by atoms with Crippen molar-refractivity contribution in [1.82, 2.24) is 15.1 Å². The molecule has 0 unspecified atom stereocenters. The number of hydrogen-bond acceptors (Lipinski definition) is 6. The molecule has 3 amide bonds. The number of hydrogen-bond donors (Lipinski definition) is 2. The molecule has 4 rings (SSSR count). The first-order valence-corrected chi connectivity index (χ1v) is 15.7. The minimum absolute atomic E-state index is 0.0932. The summed E-state index contributed by atoms with van der Waals surface area (Å²) in [4.78, 5) is 43.0. The molecule has 2 N–H and O–H groups in total. The van der Waals surface area contributed by atoms with Crippen molar-refractivity contribution < 1.29 is 41.1 Å². The summed E-state index contributed by atoms with van der Waals surface area (Å²) in [6, 6.07) is 6.96. The summed E-state index contributed by atoms with van der Waals surface area (Å²) in [6.45, 7) is 7.15. The van der Waals surface area contributed by atoms with Crippen LogP contribution in [0.1, 0.15) is 56.0 Å². The van der Waals surface area contributed by atoms with Crippen molar-refractivity contribution in [2.24, 2.45) is 5.92 Å². The van der Waals surface area contributed by atoms with Crippen LogP contribution in [0.3, 0.4) is 0 Å². The summed E-state index contributed by atoms with van der Waals surface area (Å²) in [7, 11) is 0. The summed E-state index contributed by atoms with van der Waals surface area (Å²) in [6.07, 6.45) is -4.90. The van der Waals surface area contributed by atoms with Gasteiger partial charge in [0.25, 0.3) is 5.91 Å². The topological polar surface area (TPSA) is 94.2 Å². The normalized spacial score (nSPS) is 17.5. The van der Waals surface area contributed by atoms with Crippen molar-refractivity contribution in [3.05, 3.63) is 58.1 Å². The highest BCUT2D eigenvalue weighted by molar-refractivity contribution is 6.31. The van der Waals surface area contributed by atoms with Crippen molar-refractivity contribution in [2.45, 2.75) is 58.4 Å². The van der Waals surface area contributed by atoms with E-state index in [4.69, 9.17) is 16.3 Å². The number of anilines is 2. The fourth-order valence-electron chi connectivity index (χ4n) is 5.48. The van der Waals surface area contributed by atoms with Crippen LogP contribution in [0.2, 0.25) is 5.02 Å². The zero-order valence-electron chi connectivity index (χ0n) is 26.5. The predicted molar refractivity (Wildman–Crippen MR) is 167 cm³/mol. The van der Waals surface area contributed by atoms with E-state index in [0.29, 0.717) is 56.4 Å². The third-order valence-electron chi connectivity index (χ3n) is 7.93. The number of benzene rings is 2. The number of halogens is 6. The Hall–Kier alpha value is -3.65. The first-order chi connectivity index (χ1) is 22.0. The smallest absolute Gasteiger partial charge is 0.410 e. The van der Waals surface area contributed by atoms with Crippen LogP contribution < -0.4 is 15.5 Å². The van der Waals surface area contributed by atoms with Gasteiger partial charge in [-0.15, -0.1) is 0 Å². The maximum atomic E-state index is 15.1. The van der Waals surface area contributed by atoms with Gasteiger partial charge in [0, 0.05) is 69.4 Å².